The first kappa shape index (κ1) is 17.3. The minimum atomic E-state index is -0.257. The van der Waals surface area contributed by atoms with Crippen molar-refractivity contribution in [1.82, 2.24) is 10.2 Å². The van der Waals surface area contributed by atoms with Gasteiger partial charge in [0.1, 0.15) is 5.75 Å². The van der Waals surface area contributed by atoms with Gasteiger partial charge in [0.2, 0.25) is 11.8 Å². The number of methoxy groups -OCH3 is 2. The number of likely N-dealkylation sites (tertiary alicyclic amines) is 1. The maximum absolute atomic E-state index is 12.6. The molecule has 0 bridgehead atoms. The van der Waals surface area contributed by atoms with Gasteiger partial charge in [-0.05, 0) is 12.5 Å². The molecule has 2 atom stereocenters. The molecule has 2 unspecified atom stereocenters. The zero-order valence-electron chi connectivity index (χ0n) is 13.9. The molecule has 1 heterocycles. The van der Waals surface area contributed by atoms with Crippen molar-refractivity contribution in [3.8, 4) is 5.75 Å². The second-order valence-electron chi connectivity index (χ2n) is 5.70. The van der Waals surface area contributed by atoms with E-state index in [2.05, 4.69) is 5.32 Å². The number of carbonyl (C=O) groups is 2. The Labute approximate surface area is 136 Å². The number of likely N-dealkylation sites (N-methyl/N-ethyl adjacent to an activating group) is 1. The SMILES string of the molecule is COCC1C(C(=O)NCc2ccccc2OC)CCC(=O)N1C. The van der Waals surface area contributed by atoms with E-state index >= 15 is 0 Å². The lowest BCUT2D eigenvalue weighted by Gasteiger charge is -2.37. The minimum absolute atomic E-state index is 0.0563. The molecule has 0 aromatic heterocycles. The lowest BCUT2D eigenvalue weighted by Crippen LogP contribution is -2.53. The van der Waals surface area contributed by atoms with Gasteiger partial charge in [-0.1, -0.05) is 18.2 Å². The molecule has 6 heteroatoms. The molecular formula is C17H24N2O4. The summed E-state index contributed by atoms with van der Waals surface area (Å²) in [5, 5.41) is 2.95. The Morgan fingerprint density at radius 1 is 1.35 bits per heavy atom. The van der Waals surface area contributed by atoms with E-state index in [4.69, 9.17) is 9.47 Å². The van der Waals surface area contributed by atoms with Crippen molar-refractivity contribution in [1.29, 1.82) is 0 Å². The van der Waals surface area contributed by atoms with Gasteiger partial charge >= 0.3 is 0 Å². The summed E-state index contributed by atoms with van der Waals surface area (Å²) >= 11 is 0. The highest BCUT2D eigenvalue weighted by Gasteiger charge is 2.37. The number of para-hydroxylation sites is 1. The zero-order chi connectivity index (χ0) is 16.8. The molecule has 1 aliphatic rings. The second-order valence-corrected chi connectivity index (χ2v) is 5.70. The first-order chi connectivity index (χ1) is 11.1. The Morgan fingerprint density at radius 3 is 2.78 bits per heavy atom. The third kappa shape index (κ3) is 4.01. The van der Waals surface area contributed by atoms with Crippen molar-refractivity contribution in [2.75, 3.05) is 27.9 Å². The lowest BCUT2D eigenvalue weighted by atomic mass is 9.88. The Bertz CT molecular complexity index is 561. The van der Waals surface area contributed by atoms with Crippen LogP contribution in [0.3, 0.4) is 0 Å². The fraction of sp³-hybridized carbons (Fsp3) is 0.529. The molecule has 1 aromatic carbocycles. The van der Waals surface area contributed by atoms with Gasteiger partial charge in [-0.3, -0.25) is 9.59 Å². The van der Waals surface area contributed by atoms with E-state index in [1.54, 1.807) is 26.2 Å². The monoisotopic (exact) mass is 320 g/mol. The van der Waals surface area contributed by atoms with E-state index in [0.29, 0.717) is 26.0 Å². The van der Waals surface area contributed by atoms with Gasteiger partial charge in [0.15, 0.2) is 0 Å². The summed E-state index contributed by atoms with van der Waals surface area (Å²) in [5.74, 6) is 0.489. The van der Waals surface area contributed by atoms with Gasteiger partial charge in [0.25, 0.3) is 0 Å². The van der Waals surface area contributed by atoms with Gasteiger partial charge in [-0.2, -0.15) is 0 Å². The van der Waals surface area contributed by atoms with Gasteiger partial charge in [-0.15, -0.1) is 0 Å². The standard InChI is InChI=1S/C17H24N2O4/c1-19-14(11-22-2)13(8-9-16(19)20)17(21)18-10-12-6-4-5-7-15(12)23-3/h4-7,13-14H,8-11H2,1-3H3,(H,18,21). The number of rotatable bonds is 6. The Morgan fingerprint density at radius 2 is 2.09 bits per heavy atom. The largest absolute Gasteiger partial charge is 0.496 e. The molecule has 0 saturated carbocycles. The van der Waals surface area contributed by atoms with Crippen LogP contribution < -0.4 is 10.1 Å². The molecule has 1 aromatic rings. The highest BCUT2D eigenvalue weighted by molar-refractivity contribution is 5.84. The first-order valence-electron chi connectivity index (χ1n) is 7.72. The molecule has 1 fully saturated rings. The molecular weight excluding hydrogens is 296 g/mol. The zero-order valence-corrected chi connectivity index (χ0v) is 13.9. The fourth-order valence-corrected chi connectivity index (χ4v) is 2.97. The normalized spacial score (nSPS) is 21.2. The highest BCUT2D eigenvalue weighted by atomic mass is 16.5. The average molecular weight is 320 g/mol. The highest BCUT2D eigenvalue weighted by Crippen LogP contribution is 2.24. The van der Waals surface area contributed by atoms with Gasteiger partial charge in [0.05, 0.1) is 25.7 Å². The van der Waals surface area contributed by atoms with Crippen LogP contribution in [0.15, 0.2) is 24.3 Å². The van der Waals surface area contributed by atoms with Gasteiger partial charge in [-0.25, -0.2) is 0 Å². The fourth-order valence-electron chi connectivity index (χ4n) is 2.97. The number of nitrogens with zero attached hydrogens (tertiary/aromatic N) is 1. The van der Waals surface area contributed by atoms with Crippen LogP contribution in [0.1, 0.15) is 18.4 Å². The van der Waals surface area contributed by atoms with Gasteiger partial charge in [0, 0.05) is 32.7 Å². The van der Waals surface area contributed by atoms with Crippen molar-refractivity contribution >= 4 is 11.8 Å². The number of amides is 2. The van der Waals surface area contributed by atoms with Crippen LogP contribution in [-0.2, 0) is 20.9 Å². The summed E-state index contributed by atoms with van der Waals surface area (Å²) < 4.78 is 10.5. The number of benzene rings is 1. The quantitative estimate of drug-likeness (QED) is 0.855. The van der Waals surface area contributed by atoms with Crippen molar-refractivity contribution in [2.45, 2.75) is 25.4 Å². The number of ether oxygens (including phenoxy) is 2. The van der Waals surface area contributed by atoms with Crippen molar-refractivity contribution in [3.05, 3.63) is 29.8 Å². The van der Waals surface area contributed by atoms with E-state index < -0.39 is 0 Å². The Kier molecular flexibility index (Phi) is 5.98. The molecule has 6 nitrogen and oxygen atoms in total. The summed E-state index contributed by atoms with van der Waals surface area (Å²) in [5.41, 5.74) is 0.923. The van der Waals surface area contributed by atoms with Crippen LogP contribution in [0.25, 0.3) is 0 Å². The smallest absolute Gasteiger partial charge is 0.225 e. The molecule has 2 rings (SSSR count). The first-order valence-corrected chi connectivity index (χ1v) is 7.72. The van der Waals surface area contributed by atoms with E-state index in [1.165, 1.54) is 0 Å². The van der Waals surface area contributed by atoms with Crippen molar-refractivity contribution < 1.29 is 19.1 Å². The molecule has 0 spiro atoms. The van der Waals surface area contributed by atoms with Crippen LogP contribution in [0, 0.1) is 5.92 Å². The average Bonchev–Trinajstić information content (AvgIpc) is 2.57. The number of nitrogens with one attached hydrogen (secondary N) is 1. The summed E-state index contributed by atoms with van der Waals surface area (Å²) in [7, 11) is 4.92. The maximum Gasteiger partial charge on any atom is 0.225 e. The van der Waals surface area contributed by atoms with Crippen LogP contribution in [-0.4, -0.2) is 50.6 Å². The molecule has 1 N–H and O–H groups in total. The van der Waals surface area contributed by atoms with Crippen LogP contribution in [0.5, 0.6) is 5.75 Å². The number of hydrogen-bond donors (Lipinski definition) is 1. The minimum Gasteiger partial charge on any atom is -0.496 e. The number of piperidine rings is 1. The van der Waals surface area contributed by atoms with Crippen LogP contribution >= 0.6 is 0 Å². The molecule has 126 valence electrons. The number of hydrogen-bond acceptors (Lipinski definition) is 4. The predicted octanol–water partition coefficient (Wildman–Crippen LogP) is 1.19. The summed E-state index contributed by atoms with van der Waals surface area (Å²) in [6, 6.07) is 7.36. The van der Waals surface area contributed by atoms with E-state index in [-0.39, 0.29) is 23.8 Å². The predicted molar refractivity (Wildman–Crippen MR) is 86.0 cm³/mol. The molecule has 2 amide bonds. The van der Waals surface area contributed by atoms with Crippen molar-refractivity contribution in [2.24, 2.45) is 5.92 Å². The molecule has 0 radical (unpaired) electrons. The molecule has 1 saturated heterocycles. The molecule has 23 heavy (non-hydrogen) atoms. The topological polar surface area (TPSA) is 67.9 Å². The third-order valence-corrected chi connectivity index (χ3v) is 4.34. The molecule has 1 aliphatic heterocycles. The second kappa shape index (κ2) is 7.97. The van der Waals surface area contributed by atoms with Crippen LogP contribution in [0.2, 0.25) is 0 Å². The Balaban J connectivity index is 2.02. The van der Waals surface area contributed by atoms with E-state index in [1.807, 2.05) is 24.3 Å². The summed E-state index contributed by atoms with van der Waals surface area (Å²) in [6.45, 7) is 0.756. The summed E-state index contributed by atoms with van der Waals surface area (Å²) in [4.78, 5) is 26.0. The van der Waals surface area contributed by atoms with Crippen LogP contribution in [0.4, 0.5) is 0 Å². The Hall–Kier alpha value is -2.08. The third-order valence-electron chi connectivity index (χ3n) is 4.34. The summed E-state index contributed by atoms with van der Waals surface area (Å²) in [6.07, 6.45) is 0.943. The van der Waals surface area contributed by atoms with E-state index in [0.717, 1.165) is 11.3 Å². The molecule has 0 aliphatic carbocycles. The lowest BCUT2D eigenvalue weighted by molar-refractivity contribution is -0.143. The van der Waals surface area contributed by atoms with Crippen molar-refractivity contribution in [3.63, 3.8) is 0 Å². The number of carbonyl (C=O) groups excluding carboxylic acids is 2. The van der Waals surface area contributed by atoms with Gasteiger partial charge < -0.3 is 19.7 Å². The maximum atomic E-state index is 12.6. The van der Waals surface area contributed by atoms with E-state index in [9.17, 15) is 9.59 Å².